The molecule has 2 heterocycles. The number of amides is 1. The van der Waals surface area contributed by atoms with Crippen LogP contribution in [0, 0.1) is 6.92 Å². The van der Waals surface area contributed by atoms with Gasteiger partial charge in [0, 0.05) is 13.1 Å². The SMILES string of the molecule is Cc1ncsc1C(=O)N1CCC(OCC(=O)O)CC1. The highest BCUT2D eigenvalue weighted by molar-refractivity contribution is 7.11. The molecule has 1 aromatic rings. The lowest BCUT2D eigenvalue weighted by molar-refractivity contribution is -0.145. The molecular weight excluding hydrogens is 268 g/mol. The van der Waals surface area contributed by atoms with Crippen LogP contribution in [0.25, 0.3) is 0 Å². The molecule has 1 N–H and O–H groups in total. The Kier molecular flexibility index (Phi) is 4.49. The first-order valence-corrected chi connectivity index (χ1v) is 6.98. The number of rotatable bonds is 4. The van der Waals surface area contributed by atoms with E-state index >= 15 is 0 Å². The number of aryl methyl sites for hydroxylation is 1. The summed E-state index contributed by atoms with van der Waals surface area (Å²) in [6.45, 7) is 2.75. The standard InChI is InChI=1S/C12H16N2O4S/c1-8-11(19-7-13-8)12(17)14-4-2-9(3-5-14)18-6-10(15)16/h7,9H,2-6H2,1H3,(H,15,16). The van der Waals surface area contributed by atoms with Crippen molar-refractivity contribution in [2.75, 3.05) is 19.7 Å². The molecule has 0 radical (unpaired) electrons. The minimum Gasteiger partial charge on any atom is -0.480 e. The first-order chi connectivity index (χ1) is 9.08. The summed E-state index contributed by atoms with van der Waals surface area (Å²) in [5.74, 6) is -0.949. The fourth-order valence-corrected chi connectivity index (χ4v) is 2.83. The van der Waals surface area contributed by atoms with Crippen molar-refractivity contribution in [1.82, 2.24) is 9.88 Å². The number of aromatic nitrogens is 1. The average molecular weight is 284 g/mol. The summed E-state index contributed by atoms with van der Waals surface area (Å²) >= 11 is 1.35. The number of nitrogens with zero attached hydrogens (tertiary/aromatic N) is 2. The topological polar surface area (TPSA) is 79.7 Å². The van der Waals surface area contributed by atoms with Gasteiger partial charge in [0.1, 0.15) is 11.5 Å². The monoisotopic (exact) mass is 284 g/mol. The van der Waals surface area contributed by atoms with Crippen LogP contribution in [-0.2, 0) is 9.53 Å². The largest absolute Gasteiger partial charge is 0.480 e. The molecule has 0 saturated carbocycles. The van der Waals surface area contributed by atoms with Gasteiger partial charge in [0.15, 0.2) is 0 Å². The van der Waals surface area contributed by atoms with Crippen LogP contribution >= 0.6 is 11.3 Å². The minimum absolute atomic E-state index is 0.0108. The second kappa shape index (κ2) is 6.12. The summed E-state index contributed by atoms with van der Waals surface area (Å²) in [5.41, 5.74) is 2.44. The molecule has 0 bridgehead atoms. The fourth-order valence-electron chi connectivity index (χ4n) is 2.07. The van der Waals surface area contributed by atoms with Gasteiger partial charge < -0.3 is 14.7 Å². The van der Waals surface area contributed by atoms with Crippen LogP contribution in [0.15, 0.2) is 5.51 Å². The van der Waals surface area contributed by atoms with Crippen molar-refractivity contribution in [1.29, 1.82) is 0 Å². The lowest BCUT2D eigenvalue weighted by Crippen LogP contribution is -2.41. The molecule has 7 heteroatoms. The van der Waals surface area contributed by atoms with Crippen molar-refractivity contribution in [3.8, 4) is 0 Å². The Labute approximate surface area is 115 Å². The van der Waals surface area contributed by atoms with E-state index in [1.54, 1.807) is 10.4 Å². The number of thiazole rings is 1. The number of carbonyl (C=O) groups excluding carboxylic acids is 1. The normalized spacial score (nSPS) is 16.6. The van der Waals surface area contributed by atoms with Crippen molar-refractivity contribution < 1.29 is 19.4 Å². The first-order valence-electron chi connectivity index (χ1n) is 6.10. The Morgan fingerprint density at radius 2 is 2.21 bits per heavy atom. The summed E-state index contributed by atoms with van der Waals surface area (Å²) in [7, 11) is 0. The zero-order chi connectivity index (χ0) is 13.8. The smallest absolute Gasteiger partial charge is 0.329 e. The summed E-state index contributed by atoms with van der Waals surface area (Å²) in [4.78, 5) is 29.2. The van der Waals surface area contributed by atoms with Crippen molar-refractivity contribution in [3.05, 3.63) is 16.1 Å². The number of carboxylic acid groups (broad SMARTS) is 1. The zero-order valence-corrected chi connectivity index (χ0v) is 11.5. The number of likely N-dealkylation sites (tertiary alicyclic amines) is 1. The summed E-state index contributed by atoms with van der Waals surface area (Å²) in [6.07, 6.45) is 1.29. The maximum atomic E-state index is 12.2. The molecule has 0 unspecified atom stereocenters. The highest BCUT2D eigenvalue weighted by atomic mass is 32.1. The second-order valence-electron chi connectivity index (χ2n) is 4.46. The molecule has 104 valence electrons. The molecule has 1 aliphatic heterocycles. The molecule has 0 spiro atoms. The number of ether oxygens (including phenoxy) is 1. The van der Waals surface area contributed by atoms with Crippen LogP contribution in [0.2, 0.25) is 0 Å². The molecule has 1 aliphatic rings. The maximum Gasteiger partial charge on any atom is 0.329 e. The van der Waals surface area contributed by atoms with Gasteiger partial charge in [-0.25, -0.2) is 9.78 Å². The van der Waals surface area contributed by atoms with Crippen LogP contribution in [0.1, 0.15) is 28.2 Å². The molecule has 1 saturated heterocycles. The van der Waals surface area contributed by atoms with Gasteiger partial charge in [0.25, 0.3) is 5.91 Å². The number of carbonyl (C=O) groups is 2. The van der Waals surface area contributed by atoms with Crippen molar-refractivity contribution in [2.24, 2.45) is 0 Å². The van der Waals surface area contributed by atoms with Crippen LogP contribution in [0.3, 0.4) is 0 Å². The Morgan fingerprint density at radius 3 is 2.74 bits per heavy atom. The van der Waals surface area contributed by atoms with E-state index in [1.807, 2.05) is 6.92 Å². The summed E-state index contributed by atoms with van der Waals surface area (Å²) in [5, 5.41) is 8.54. The molecule has 19 heavy (non-hydrogen) atoms. The second-order valence-corrected chi connectivity index (χ2v) is 5.32. The Hall–Kier alpha value is -1.47. The zero-order valence-electron chi connectivity index (χ0n) is 10.7. The van der Waals surface area contributed by atoms with Crippen molar-refractivity contribution in [2.45, 2.75) is 25.9 Å². The van der Waals surface area contributed by atoms with Gasteiger partial charge in [-0.3, -0.25) is 4.79 Å². The van der Waals surface area contributed by atoms with Crippen LogP contribution in [0.4, 0.5) is 0 Å². The summed E-state index contributed by atoms with van der Waals surface area (Å²) in [6, 6.07) is 0. The maximum absolute atomic E-state index is 12.2. The molecule has 0 aromatic carbocycles. The van der Waals surface area contributed by atoms with Gasteiger partial charge in [-0.2, -0.15) is 0 Å². The minimum atomic E-state index is -0.959. The number of hydrogen-bond acceptors (Lipinski definition) is 5. The third kappa shape index (κ3) is 3.51. The van der Waals surface area contributed by atoms with Gasteiger partial charge >= 0.3 is 5.97 Å². The number of carboxylic acids is 1. The summed E-state index contributed by atoms with van der Waals surface area (Å²) < 4.78 is 5.24. The lowest BCUT2D eigenvalue weighted by Gasteiger charge is -2.31. The predicted octanol–water partition coefficient (Wildman–Crippen LogP) is 1.16. The molecule has 0 atom stereocenters. The first kappa shape index (κ1) is 14.0. The van der Waals surface area contributed by atoms with E-state index in [4.69, 9.17) is 9.84 Å². The van der Waals surface area contributed by atoms with E-state index < -0.39 is 5.97 Å². The van der Waals surface area contributed by atoms with Gasteiger partial charge in [-0.05, 0) is 19.8 Å². The molecule has 1 aromatic heterocycles. The quantitative estimate of drug-likeness (QED) is 0.897. The van der Waals surface area contributed by atoms with E-state index in [-0.39, 0.29) is 18.6 Å². The fraction of sp³-hybridized carbons (Fsp3) is 0.583. The van der Waals surface area contributed by atoms with E-state index in [9.17, 15) is 9.59 Å². The predicted molar refractivity (Wildman–Crippen MR) is 69.4 cm³/mol. The van der Waals surface area contributed by atoms with Crippen LogP contribution in [0.5, 0.6) is 0 Å². The molecular formula is C12H16N2O4S. The lowest BCUT2D eigenvalue weighted by atomic mass is 10.1. The van der Waals surface area contributed by atoms with Gasteiger partial charge in [-0.1, -0.05) is 0 Å². The molecule has 1 fully saturated rings. The molecule has 6 nitrogen and oxygen atoms in total. The number of hydrogen-bond donors (Lipinski definition) is 1. The number of aliphatic carboxylic acids is 1. The van der Waals surface area contributed by atoms with Crippen molar-refractivity contribution in [3.63, 3.8) is 0 Å². The van der Waals surface area contributed by atoms with Crippen molar-refractivity contribution >= 4 is 23.2 Å². The van der Waals surface area contributed by atoms with E-state index in [0.717, 1.165) is 5.69 Å². The van der Waals surface area contributed by atoms with Gasteiger partial charge in [0.05, 0.1) is 17.3 Å². The Balaban J connectivity index is 1.85. The third-order valence-corrected chi connectivity index (χ3v) is 4.03. The molecule has 0 aliphatic carbocycles. The van der Waals surface area contributed by atoms with E-state index in [0.29, 0.717) is 30.8 Å². The highest BCUT2D eigenvalue weighted by Crippen LogP contribution is 2.20. The average Bonchev–Trinajstić information content (AvgIpc) is 2.82. The Bertz CT molecular complexity index is 466. The number of piperidine rings is 1. The molecule has 2 rings (SSSR count). The van der Waals surface area contributed by atoms with Gasteiger partial charge in [-0.15, -0.1) is 11.3 Å². The Morgan fingerprint density at radius 1 is 1.53 bits per heavy atom. The van der Waals surface area contributed by atoms with E-state index in [1.165, 1.54) is 11.3 Å². The highest BCUT2D eigenvalue weighted by Gasteiger charge is 2.26. The van der Waals surface area contributed by atoms with Crippen LogP contribution < -0.4 is 0 Å². The molecule has 1 amide bonds. The van der Waals surface area contributed by atoms with Crippen LogP contribution in [-0.4, -0.2) is 52.7 Å². The van der Waals surface area contributed by atoms with E-state index in [2.05, 4.69) is 4.98 Å². The third-order valence-electron chi connectivity index (χ3n) is 3.11. The van der Waals surface area contributed by atoms with Gasteiger partial charge in [0.2, 0.25) is 0 Å².